The highest BCUT2D eigenvalue weighted by Gasteiger charge is 2.29. The van der Waals surface area contributed by atoms with E-state index < -0.39 is 0 Å². The predicted octanol–water partition coefficient (Wildman–Crippen LogP) is 1.85. The van der Waals surface area contributed by atoms with Crippen LogP contribution in [0.1, 0.15) is 39.0 Å². The Hall–Kier alpha value is -0.520. The molecule has 0 heterocycles. The van der Waals surface area contributed by atoms with E-state index in [0.717, 1.165) is 44.4 Å². The molecule has 86 valence electrons. The zero-order valence-corrected chi connectivity index (χ0v) is 9.91. The molecule has 1 rings (SSSR count). The van der Waals surface area contributed by atoms with E-state index in [0.29, 0.717) is 0 Å². The van der Waals surface area contributed by atoms with Gasteiger partial charge in [0.25, 0.3) is 0 Å². The van der Waals surface area contributed by atoms with Crippen molar-refractivity contribution in [3.8, 4) is 12.3 Å². The minimum atomic E-state index is 0.718. The molecule has 0 radical (unpaired) electrons. The Morgan fingerprint density at radius 2 is 2.27 bits per heavy atom. The van der Waals surface area contributed by atoms with Gasteiger partial charge in [-0.1, -0.05) is 13.3 Å². The van der Waals surface area contributed by atoms with Crippen LogP contribution in [0.25, 0.3) is 0 Å². The molecule has 0 aliphatic heterocycles. The van der Waals surface area contributed by atoms with Gasteiger partial charge < -0.3 is 10.6 Å². The van der Waals surface area contributed by atoms with Crippen LogP contribution >= 0.6 is 0 Å². The fourth-order valence-corrected chi connectivity index (χ4v) is 2.72. The van der Waals surface area contributed by atoms with Gasteiger partial charge in [-0.15, -0.1) is 12.3 Å². The summed E-state index contributed by atoms with van der Waals surface area (Å²) in [7, 11) is 0. The molecule has 0 aromatic heterocycles. The molecular weight excluding hydrogens is 184 g/mol. The Labute approximate surface area is 94.2 Å². The molecule has 15 heavy (non-hydrogen) atoms. The van der Waals surface area contributed by atoms with Gasteiger partial charge in [-0.3, -0.25) is 0 Å². The van der Waals surface area contributed by atoms with Crippen molar-refractivity contribution in [3.05, 3.63) is 0 Å². The van der Waals surface area contributed by atoms with Crippen molar-refractivity contribution in [2.75, 3.05) is 19.6 Å². The molecule has 2 unspecified atom stereocenters. The lowest BCUT2D eigenvalue weighted by Gasteiger charge is -2.31. The van der Waals surface area contributed by atoms with Gasteiger partial charge >= 0.3 is 0 Å². The monoisotopic (exact) mass is 208 g/mol. The lowest BCUT2D eigenvalue weighted by molar-refractivity contribution is 0.169. The second kappa shape index (κ2) is 6.87. The molecule has 0 aromatic rings. The molecular formula is C13H24N2. The average molecular weight is 208 g/mol. The second-order valence-electron chi connectivity index (χ2n) is 4.43. The fourth-order valence-electron chi connectivity index (χ4n) is 2.72. The van der Waals surface area contributed by atoms with E-state index in [9.17, 15) is 0 Å². The minimum absolute atomic E-state index is 0.718. The van der Waals surface area contributed by atoms with Crippen LogP contribution in [0.4, 0.5) is 0 Å². The first kappa shape index (κ1) is 12.5. The number of nitrogens with two attached hydrogens (primary N) is 1. The van der Waals surface area contributed by atoms with E-state index in [-0.39, 0.29) is 0 Å². The highest BCUT2D eigenvalue weighted by Crippen LogP contribution is 2.29. The first-order valence-corrected chi connectivity index (χ1v) is 6.21. The third-order valence-electron chi connectivity index (χ3n) is 3.56. The van der Waals surface area contributed by atoms with Gasteiger partial charge in [-0.05, 0) is 44.8 Å². The van der Waals surface area contributed by atoms with Gasteiger partial charge in [0, 0.05) is 12.5 Å². The average Bonchev–Trinajstić information content (AvgIpc) is 2.72. The first-order valence-electron chi connectivity index (χ1n) is 6.21. The number of rotatable bonds is 6. The maximum Gasteiger partial charge on any atom is 0.0135 e. The maximum absolute atomic E-state index is 5.81. The lowest BCUT2D eigenvalue weighted by Crippen LogP contribution is -2.40. The van der Waals surface area contributed by atoms with Crippen molar-refractivity contribution in [3.63, 3.8) is 0 Å². The summed E-state index contributed by atoms with van der Waals surface area (Å²) in [5, 5.41) is 0. The van der Waals surface area contributed by atoms with Gasteiger partial charge in [0.15, 0.2) is 0 Å². The molecule has 1 aliphatic carbocycles. The van der Waals surface area contributed by atoms with Crippen LogP contribution in [-0.4, -0.2) is 30.6 Å². The number of nitrogens with zero attached hydrogens (tertiary/aromatic N) is 1. The van der Waals surface area contributed by atoms with Crippen LogP contribution in [-0.2, 0) is 0 Å². The van der Waals surface area contributed by atoms with Crippen molar-refractivity contribution in [1.82, 2.24) is 4.90 Å². The Morgan fingerprint density at radius 1 is 1.47 bits per heavy atom. The Morgan fingerprint density at radius 3 is 2.87 bits per heavy atom. The SMILES string of the molecule is C#CCCCN(CC)C1CCCC1CN. The fraction of sp³-hybridized carbons (Fsp3) is 0.846. The molecule has 0 saturated heterocycles. The maximum atomic E-state index is 5.81. The molecule has 1 fully saturated rings. The number of hydrogen-bond donors (Lipinski definition) is 1. The summed E-state index contributed by atoms with van der Waals surface area (Å²) >= 11 is 0. The summed E-state index contributed by atoms with van der Waals surface area (Å²) in [5.41, 5.74) is 5.81. The normalized spacial score (nSPS) is 25.7. The molecule has 0 spiro atoms. The summed E-state index contributed by atoms with van der Waals surface area (Å²) in [5.74, 6) is 3.43. The van der Waals surface area contributed by atoms with Gasteiger partial charge in [0.1, 0.15) is 0 Å². The molecule has 2 heteroatoms. The quantitative estimate of drug-likeness (QED) is 0.533. The number of hydrogen-bond acceptors (Lipinski definition) is 2. The molecule has 0 bridgehead atoms. The molecule has 0 amide bonds. The third kappa shape index (κ3) is 3.52. The molecule has 1 aliphatic rings. The van der Waals surface area contributed by atoms with Gasteiger partial charge in [0.05, 0.1) is 0 Å². The van der Waals surface area contributed by atoms with E-state index >= 15 is 0 Å². The van der Waals surface area contributed by atoms with E-state index in [1.165, 1.54) is 19.3 Å². The largest absolute Gasteiger partial charge is 0.330 e. The van der Waals surface area contributed by atoms with Crippen LogP contribution < -0.4 is 5.73 Å². The predicted molar refractivity (Wildman–Crippen MR) is 65.5 cm³/mol. The van der Waals surface area contributed by atoms with Crippen LogP contribution in [0, 0.1) is 18.3 Å². The van der Waals surface area contributed by atoms with Gasteiger partial charge in [0.2, 0.25) is 0 Å². The minimum Gasteiger partial charge on any atom is -0.330 e. The molecule has 2 N–H and O–H groups in total. The standard InChI is InChI=1S/C13H24N2/c1-3-5-6-10-15(4-2)13-9-7-8-12(13)11-14/h1,12-13H,4-11,14H2,2H3. The lowest BCUT2D eigenvalue weighted by atomic mass is 10.0. The Balaban J connectivity index is 2.39. The molecule has 2 nitrogen and oxygen atoms in total. The highest BCUT2D eigenvalue weighted by molar-refractivity contribution is 4.87. The van der Waals surface area contributed by atoms with Gasteiger partial charge in [-0.25, -0.2) is 0 Å². The summed E-state index contributed by atoms with van der Waals surface area (Å²) in [4.78, 5) is 2.57. The van der Waals surface area contributed by atoms with E-state index in [1.807, 2.05) is 0 Å². The van der Waals surface area contributed by atoms with Crippen molar-refractivity contribution in [2.24, 2.45) is 11.7 Å². The zero-order valence-electron chi connectivity index (χ0n) is 9.91. The van der Waals surface area contributed by atoms with Crippen LogP contribution in [0.3, 0.4) is 0 Å². The summed E-state index contributed by atoms with van der Waals surface area (Å²) < 4.78 is 0. The van der Waals surface area contributed by atoms with E-state index in [2.05, 4.69) is 17.7 Å². The molecule has 1 saturated carbocycles. The summed E-state index contributed by atoms with van der Waals surface area (Å²) in [6, 6.07) is 0.720. The molecule has 0 aromatic carbocycles. The van der Waals surface area contributed by atoms with Crippen LogP contribution in [0.2, 0.25) is 0 Å². The summed E-state index contributed by atoms with van der Waals surface area (Å²) in [6.07, 6.45) is 11.3. The Kier molecular flexibility index (Phi) is 5.75. The van der Waals surface area contributed by atoms with E-state index in [1.54, 1.807) is 0 Å². The van der Waals surface area contributed by atoms with Crippen LogP contribution in [0.5, 0.6) is 0 Å². The topological polar surface area (TPSA) is 29.3 Å². The smallest absolute Gasteiger partial charge is 0.0135 e. The number of terminal acetylenes is 1. The third-order valence-corrected chi connectivity index (χ3v) is 3.56. The van der Waals surface area contributed by atoms with Crippen molar-refractivity contribution in [1.29, 1.82) is 0 Å². The van der Waals surface area contributed by atoms with Crippen molar-refractivity contribution >= 4 is 0 Å². The van der Waals surface area contributed by atoms with Gasteiger partial charge in [-0.2, -0.15) is 0 Å². The van der Waals surface area contributed by atoms with E-state index in [4.69, 9.17) is 12.2 Å². The number of unbranched alkanes of at least 4 members (excludes halogenated alkanes) is 1. The second-order valence-corrected chi connectivity index (χ2v) is 4.43. The highest BCUT2D eigenvalue weighted by atomic mass is 15.2. The Bertz CT molecular complexity index is 207. The molecule has 2 atom stereocenters. The van der Waals surface area contributed by atoms with Crippen molar-refractivity contribution < 1.29 is 0 Å². The van der Waals surface area contributed by atoms with Crippen LogP contribution in [0.15, 0.2) is 0 Å². The zero-order chi connectivity index (χ0) is 11.1. The summed E-state index contributed by atoms with van der Waals surface area (Å²) in [6.45, 7) is 5.35. The van der Waals surface area contributed by atoms with Crippen molar-refractivity contribution in [2.45, 2.75) is 45.1 Å². The first-order chi connectivity index (χ1) is 7.33.